The molecule has 0 aromatic rings. The predicted molar refractivity (Wildman–Crippen MR) is 47.2 cm³/mol. The second kappa shape index (κ2) is 3.84. The molecule has 0 spiro atoms. The molecule has 14 heavy (non-hydrogen) atoms. The maximum absolute atomic E-state index is 11.3. The molecule has 0 aromatic heterocycles. The fourth-order valence-electron chi connectivity index (χ4n) is 2.02. The van der Waals surface area contributed by atoms with E-state index in [0.717, 1.165) is 6.42 Å². The number of esters is 1. The molecule has 80 valence electrons. The van der Waals surface area contributed by atoms with Crippen molar-refractivity contribution < 1.29 is 19.5 Å². The fourth-order valence-corrected chi connectivity index (χ4v) is 2.02. The number of aliphatic hydroxyl groups is 1. The largest absolute Gasteiger partial charge is 0.464 e. The van der Waals surface area contributed by atoms with Crippen LogP contribution in [0.4, 0.5) is 0 Å². The van der Waals surface area contributed by atoms with Gasteiger partial charge in [0.1, 0.15) is 0 Å². The highest BCUT2D eigenvalue weighted by molar-refractivity contribution is 5.75. The number of hydrogen-bond donors (Lipinski definition) is 1. The second-order valence-electron chi connectivity index (χ2n) is 3.65. The topological polar surface area (TPSA) is 59.0 Å². The molecule has 0 aromatic carbocycles. The number of hydrogen-bond acceptors (Lipinski definition) is 5. The van der Waals surface area contributed by atoms with Crippen LogP contribution < -0.4 is 0 Å². The minimum atomic E-state index is -0.519. The average molecular weight is 201 g/mol. The minimum Gasteiger partial charge on any atom is -0.464 e. The van der Waals surface area contributed by atoms with Gasteiger partial charge in [-0.15, -0.1) is 0 Å². The Bertz CT molecular complexity index is 233. The Morgan fingerprint density at radius 3 is 3.14 bits per heavy atom. The van der Waals surface area contributed by atoms with E-state index in [1.54, 1.807) is 12.0 Å². The van der Waals surface area contributed by atoms with Gasteiger partial charge in [-0.1, -0.05) is 0 Å². The van der Waals surface area contributed by atoms with Crippen LogP contribution in [0.15, 0.2) is 0 Å². The summed E-state index contributed by atoms with van der Waals surface area (Å²) in [4.78, 5) is 16.7. The van der Waals surface area contributed by atoms with Gasteiger partial charge in [0.25, 0.3) is 0 Å². The van der Waals surface area contributed by atoms with Crippen molar-refractivity contribution in [2.75, 3.05) is 13.2 Å². The number of nitrogens with zero attached hydrogens (tertiary/aromatic N) is 1. The summed E-state index contributed by atoms with van der Waals surface area (Å²) < 4.78 is 4.85. The highest BCUT2D eigenvalue weighted by Gasteiger charge is 2.45. The third-order valence-corrected chi connectivity index (χ3v) is 2.73. The van der Waals surface area contributed by atoms with E-state index in [-0.39, 0.29) is 18.1 Å². The summed E-state index contributed by atoms with van der Waals surface area (Å²) in [5.41, 5.74) is 0. The van der Waals surface area contributed by atoms with E-state index < -0.39 is 6.10 Å². The molecule has 5 nitrogen and oxygen atoms in total. The first-order chi connectivity index (χ1) is 6.72. The van der Waals surface area contributed by atoms with Gasteiger partial charge in [0.15, 0.2) is 6.10 Å². The van der Waals surface area contributed by atoms with Crippen LogP contribution in [0.1, 0.15) is 19.8 Å². The Morgan fingerprint density at radius 1 is 1.71 bits per heavy atom. The van der Waals surface area contributed by atoms with Crippen molar-refractivity contribution in [3.05, 3.63) is 0 Å². The number of ether oxygens (including phenoxy) is 1. The number of carbonyl (C=O) groups is 1. The van der Waals surface area contributed by atoms with Crippen molar-refractivity contribution in [2.45, 2.75) is 38.0 Å². The zero-order chi connectivity index (χ0) is 10.1. The van der Waals surface area contributed by atoms with Gasteiger partial charge in [-0.2, -0.15) is 5.06 Å². The summed E-state index contributed by atoms with van der Waals surface area (Å²) >= 11 is 0. The smallest absolute Gasteiger partial charge is 0.337 e. The monoisotopic (exact) mass is 201 g/mol. The molecule has 0 amide bonds. The van der Waals surface area contributed by atoms with E-state index in [1.807, 2.05) is 0 Å². The molecule has 2 rings (SSSR count). The van der Waals surface area contributed by atoms with E-state index in [9.17, 15) is 9.90 Å². The van der Waals surface area contributed by atoms with E-state index in [2.05, 4.69) is 0 Å². The lowest BCUT2D eigenvalue weighted by molar-refractivity contribution is -0.184. The summed E-state index contributed by atoms with van der Waals surface area (Å²) in [5.74, 6) is -0.325. The van der Waals surface area contributed by atoms with Crippen molar-refractivity contribution in [1.29, 1.82) is 0 Å². The molecule has 2 aliphatic heterocycles. The zero-order valence-electron chi connectivity index (χ0n) is 8.18. The molecule has 0 aliphatic carbocycles. The normalized spacial score (nSPS) is 37.1. The van der Waals surface area contributed by atoms with Crippen molar-refractivity contribution >= 4 is 5.97 Å². The lowest BCUT2D eigenvalue weighted by Gasteiger charge is -2.13. The van der Waals surface area contributed by atoms with Crippen LogP contribution in [0.3, 0.4) is 0 Å². The van der Waals surface area contributed by atoms with Gasteiger partial charge >= 0.3 is 5.97 Å². The van der Waals surface area contributed by atoms with Crippen molar-refractivity contribution in [3.63, 3.8) is 0 Å². The molecule has 0 bridgehead atoms. The second-order valence-corrected chi connectivity index (χ2v) is 3.65. The summed E-state index contributed by atoms with van der Waals surface area (Å²) in [7, 11) is 0. The van der Waals surface area contributed by atoms with E-state index >= 15 is 0 Å². The fraction of sp³-hybridized carbons (Fsp3) is 0.889. The SMILES string of the molecule is CCOC(=O)[C@H]1C[C@@H]2[C@@H](O)CCN2O1. The van der Waals surface area contributed by atoms with Crippen LogP contribution in [-0.4, -0.2) is 47.5 Å². The van der Waals surface area contributed by atoms with Gasteiger partial charge in [-0.3, -0.25) is 4.84 Å². The lowest BCUT2D eigenvalue weighted by Crippen LogP contribution is -2.27. The third-order valence-electron chi connectivity index (χ3n) is 2.73. The first kappa shape index (κ1) is 9.89. The molecule has 0 unspecified atom stereocenters. The molecule has 0 saturated carbocycles. The minimum absolute atomic E-state index is 0.0237. The summed E-state index contributed by atoms with van der Waals surface area (Å²) in [6.07, 6.45) is 0.379. The van der Waals surface area contributed by atoms with Crippen LogP contribution in [0.5, 0.6) is 0 Å². The van der Waals surface area contributed by atoms with Crippen LogP contribution >= 0.6 is 0 Å². The molecular formula is C9H15NO4. The molecule has 5 heteroatoms. The van der Waals surface area contributed by atoms with E-state index in [0.29, 0.717) is 19.6 Å². The maximum Gasteiger partial charge on any atom is 0.337 e. The Labute approximate surface area is 82.5 Å². The number of aliphatic hydroxyl groups excluding tert-OH is 1. The van der Waals surface area contributed by atoms with E-state index in [1.165, 1.54) is 0 Å². The molecule has 1 N–H and O–H groups in total. The van der Waals surface area contributed by atoms with Crippen molar-refractivity contribution in [1.82, 2.24) is 5.06 Å². The van der Waals surface area contributed by atoms with Gasteiger partial charge in [0.05, 0.1) is 18.8 Å². The number of fused-ring (bicyclic) bond motifs is 1. The molecule has 2 heterocycles. The first-order valence-corrected chi connectivity index (χ1v) is 5.00. The van der Waals surface area contributed by atoms with Crippen LogP contribution in [0, 0.1) is 0 Å². The third kappa shape index (κ3) is 1.63. The Hall–Kier alpha value is -0.650. The van der Waals surface area contributed by atoms with Crippen molar-refractivity contribution in [2.24, 2.45) is 0 Å². The van der Waals surface area contributed by atoms with Gasteiger partial charge in [-0.05, 0) is 13.3 Å². The molecule has 2 fully saturated rings. The first-order valence-electron chi connectivity index (χ1n) is 5.00. The summed E-state index contributed by atoms with van der Waals surface area (Å²) in [6.45, 7) is 2.83. The van der Waals surface area contributed by atoms with Crippen molar-refractivity contribution in [3.8, 4) is 0 Å². The molecule has 2 aliphatic rings. The van der Waals surface area contributed by atoms with Crippen LogP contribution in [-0.2, 0) is 14.4 Å². The molecular weight excluding hydrogens is 186 g/mol. The standard InChI is InChI=1S/C9H15NO4/c1-2-13-9(12)8-5-6-7(11)3-4-10(6)14-8/h6-8,11H,2-5H2,1H3/t6-,7+,8-/m1/s1. The lowest BCUT2D eigenvalue weighted by atomic mass is 10.1. The summed E-state index contributed by atoms with van der Waals surface area (Å²) in [6, 6.07) is -0.0237. The van der Waals surface area contributed by atoms with Gasteiger partial charge in [0, 0.05) is 13.0 Å². The molecule has 3 atom stereocenters. The quantitative estimate of drug-likeness (QED) is 0.621. The average Bonchev–Trinajstić information content (AvgIpc) is 2.69. The number of carbonyl (C=O) groups excluding carboxylic acids is 1. The van der Waals surface area contributed by atoms with E-state index in [4.69, 9.17) is 9.57 Å². The van der Waals surface area contributed by atoms with Gasteiger partial charge in [-0.25, -0.2) is 4.79 Å². The highest BCUT2D eigenvalue weighted by atomic mass is 16.7. The zero-order valence-corrected chi connectivity index (χ0v) is 8.18. The highest BCUT2D eigenvalue weighted by Crippen LogP contribution is 2.30. The predicted octanol–water partition coefficient (Wildman–Crippen LogP) is -0.311. The maximum atomic E-state index is 11.3. The molecule has 2 saturated heterocycles. The Balaban J connectivity index is 1.92. The number of rotatable bonds is 2. The Kier molecular flexibility index (Phi) is 2.71. The summed E-state index contributed by atoms with van der Waals surface area (Å²) in [5, 5.41) is 11.3. The number of hydroxylamine groups is 2. The van der Waals surface area contributed by atoms with Crippen LogP contribution in [0.25, 0.3) is 0 Å². The van der Waals surface area contributed by atoms with Gasteiger partial charge in [0.2, 0.25) is 0 Å². The Morgan fingerprint density at radius 2 is 2.50 bits per heavy atom. The van der Waals surface area contributed by atoms with Gasteiger partial charge < -0.3 is 9.84 Å². The van der Waals surface area contributed by atoms with Crippen LogP contribution in [0.2, 0.25) is 0 Å². The molecule has 0 radical (unpaired) electrons.